The second-order valence-electron chi connectivity index (χ2n) is 21.7. The van der Waals surface area contributed by atoms with Gasteiger partial charge in [-0.3, -0.25) is 31.0 Å². The Balaban J connectivity index is 0.000000277. The average molecular weight is 1490 g/mol. The van der Waals surface area contributed by atoms with Gasteiger partial charge in [0.2, 0.25) is 0 Å². The van der Waals surface area contributed by atoms with E-state index in [1.165, 1.54) is 146 Å². The summed E-state index contributed by atoms with van der Waals surface area (Å²) in [5.74, 6) is 2.81. The van der Waals surface area contributed by atoms with Gasteiger partial charge in [-0.05, 0) is 178 Å². The molecule has 11 aromatic carbocycles. The number of amides is 2. The van der Waals surface area contributed by atoms with Gasteiger partial charge in [-0.25, -0.2) is 43.9 Å². The van der Waals surface area contributed by atoms with E-state index < -0.39 is 59.3 Å². The number of nitrogens with two attached hydrogens (primary N) is 3. The number of fused-ring (bicyclic) bond motifs is 1. The van der Waals surface area contributed by atoms with Crippen LogP contribution in [-0.2, 0) is 14.2 Å². The van der Waals surface area contributed by atoms with Gasteiger partial charge in [0, 0.05) is 31.4 Å². The van der Waals surface area contributed by atoms with Gasteiger partial charge >= 0.3 is 29.6 Å². The third-order valence-corrected chi connectivity index (χ3v) is 15.0. The number of carbonyl (C=O) groups excluding carboxylic acids is 3. The molecule has 0 bridgehead atoms. The first-order valence-corrected chi connectivity index (χ1v) is 32.1. The predicted octanol–water partition coefficient (Wildman–Crippen LogP) is 13.7. The van der Waals surface area contributed by atoms with Crippen molar-refractivity contribution in [2.24, 2.45) is 17.4 Å². The molecular weight excluding hydrogens is 1420 g/mol. The third-order valence-electron chi connectivity index (χ3n) is 14.7. The Bertz CT molecular complexity index is 4160. The van der Waals surface area contributed by atoms with E-state index in [1.807, 2.05) is 0 Å². The summed E-state index contributed by atoms with van der Waals surface area (Å²) in [7, 11) is 0. The number of hydrogen-bond acceptors (Lipinski definition) is 10. The first kappa shape index (κ1) is 84.4. The van der Waals surface area contributed by atoms with Crippen molar-refractivity contribution in [1.82, 2.24) is 4.90 Å². The number of benzene rings is 11. The Kier molecular flexibility index (Phi) is 35.8. The quantitative estimate of drug-likeness (QED) is 0.0109. The van der Waals surface area contributed by atoms with Crippen molar-refractivity contribution in [3.05, 3.63) is 392 Å². The van der Waals surface area contributed by atoms with E-state index in [1.54, 1.807) is 109 Å². The van der Waals surface area contributed by atoms with Crippen molar-refractivity contribution >= 4 is 41.9 Å². The summed E-state index contributed by atoms with van der Waals surface area (Å²) >= 11 is 3.28. The first-order valence-electron chi connectivity index (χ1n) is 31.0. The minimum absolute atomic E-state index is 0. The number of halogens is 11. The summed E-state index contributed by atoms with van der Waals surface area (Å²) in [5, 5.41) is 10.6. The number of aliphatic hydroxyl groups excluding tert-OH is 1. The molecule has 3 radical (unpaired) electrons. The molecule has 0 saturated heterocycles. The number of aliphatic hydroxyl groups is 1. The van der Waals surface area contributed by atoms with Crippen molar-refractivity contribution in [2.45, 2.75) is 24.4 Å². The monoisotopic (exact) mass is 1490 g/mol. The summed E-state index contributed by atoms with van der Waals surface area (Å²) in [6.45, 7) is 1.17. The molecule has 0 atom stereocenters. The smallest absolute Gasteiger partial charge is 1.00 e. The molecule has 12 rings (SSSR count). The summed E-state index contributed by atoms with van der Waals surface area (Å²) in [5.41, 5.74) is 11.0. The van der Waals surface area contributed by atoms with Crippen LogP contribution in [0.1, 0.15) is 107 Å². The van der Waals surface area contributed by atoms with Gasteiger partial charge < -0.3 is 26.5 Å². The molecule has 0 saturated carbocycles. The first-order chi connectivity index (χ1) is 48.8. The van der Waals surface area contributed by atoms with Crippen molar-refractivity contribution in [1.29, 1.82) is 0 Å². The number of ketones is 1. The molecule has 527 valence electrons. The van der Waals surface area contributed by atoms with Crippen molar-refractivity contribution in [2.75, 3.05) is 38.2 Å². The standard InChI is InChI=1S/C23H17F2NO3.C15H13BrF2O.C15H15F2NO.C13H10F2O.C13H8F2O.B.H4N2.Na.H/c24-17-7-3-5-15(13-17)21(16-6-4-8-18(25)14-16)29-12-11-26-22(27)19-9-1-2-10-20(19)23(26)28;16-7-8-19-15(11-3-1-5-13(17)9-11)12-4-2-6-14(18)10-12;16-13-5-1-3-11(9-13)15(19-8-7-18)12-4-2-6-14(17)10-12;2*14-11-5-1-3-9(7-11)13(16)10-4-2-6-12(15)8-10;;1-2;;/h1-10,13-14,21H,11-12H2;1-6,9-10,15H,7-8H2;1-6,9-10,15H,7-8,18H2;1-8,13,16H;1-8H;;1-2H2;;/q;;;;;;;+1;-1. The third kappa shape index (κ3) is 25.9. The predicted molar refractivity (Wildman–Crippen MR) is 375 cm³/mol. The molecule has 0 aliphatic carbocycles. The average Bonchev–Trinajstić information content (AvgIpc) is 1.64. The van der Waals surface area contributed by atoms with Gasteiger partial charge in [0.15, 0.2) is 5.78 Å². The van der Waals surface area contributed by atoms with E-state index in [2.05, 4.69) is 27.6 Å². The van der Waals surface area contributed by atoms with Crippen LogP contribution in [0.4, 0.5) is 43.9 Å². The Morgan fingerprint density at radius 1 is 0.379 bits per heavy atom. The van der Waals surface area contributed by atoms with Gasteiger partial charge in [0.05, 0.1) is 37.5 Å². The molecule has 0 spiro atoms. The number of alkyl halides is 1. The van der Waals surface area contributed by atoms with Crippen LogP contribution in [0, 0.1) is 58.2 Å². The van der Waals surface area contributed by atoms with Gasteiger partial charge in [-0.1, -0.05) is 149 Å². The van der Waals surface area contributed by atoms with Crippen LogP contribution >= 0.6 is 15.9 Å². The molecule has 24 heteroatoms. The van der Waals surface area contributed by atoms with Crippen molar-refractivity contribution in [3.8, 4) is 0 Å². The van der Waals surface area contributed by atoms with Crippen LogP contribution in [0.2, 0.25) is 0 Å². The normalized spacial score (nSPS) is 11.1. The Morgan fingerprint density at radius 2 is 0.621 bits per heavy atom. The van der Waals surface area contributed by atoms with E-state index in [0.717, 1.165) is 17.0 Å². The van der Waals surface area contributed by atoms with Crippen LogP contribution in [0.5, 0.6) is 0 Å². The molecule has 11 aromatic rings. The molecule has 103 heavy (non-hydrogen) atoms. The second kappa shape index (κ2) is 43.7. The topological polar surface area (TPSA) is 180 Å². The molecule has 2 amide bonds. The largest absolute Gasteiger partial charge is 1.00 e. The fourth-order valence-corrected chi connectivity index (χ4v) is 10.4. The summed E-state index contributed by atoms with van der Waals surface area (Å²) < 4.78 is 150. The molecule has 0 fully saturated rings. The van der Waals surface area contributed by atoms with E-state index in [9.17, 15) is 63.4 Å². The Morgan fingerprint density at radius 3 is 0.883 bits per heavy atom. The number of hydrazine groups is 1. The minimum Gasteiger partial charge on any atom is -1.00 e. The molecule has 11 nitrogen and oxygen atoms in total. The van der Waals surface area contributed by atoms with E-state index in [-0.39, 0.29) is 105 Å². The Hall–Kier alpha value is -9.21. The van der Waals surface area contributed by atoms with Crippen LogP contribution in [0.15, 0.2) is 267 Å². The number of ether oxygens (including phenoxy) is 3. The number of nitrogens with zero attached hydrogens (tertiary/aromatic N) is 1. The molecule has 7 N–H and O–H groups in total. The Labute approximate surface area is 623 Å². The number of carbonyl (C=O) groups is 3. The fraction of sp³-hybridized carbons (Fsp3) is 0.127. The van der Waals surface area contributed by atoms with Gasteiger partial charge in [-0.2, -0.15) is 0 Å². The summed E-state index contributed by atoms with van der Waals surface area (Å²) in [4.78, 5) is 37.9. The summed E-state index contributed by atoms with van der Waals surface area (Å²) in [6, 6.07) is 64.7. The summed E-state index contributed by atoms with van der Waals surface area (Å²) in [6.07, 6.45) is -2.73. The molecule has 0 unspecified atom stereocenters. The maximum absolute atomic E-state index is 13.7. The van der Waals surface area contributed by atoms with Crippen LogP contribution in [0.3, 0.4) is 0 Å². The van der Waals surface area contributed by atoms with Gasteiger partial charge in [0.1, 0.15) is 82.6 Å². The van der Waals surface area contributed by atoms with E-state index >= 15 is 0 Å². The second-order valence-corrected chi connectivity index (χ2v) is 22.5. The number of rotatable bonds is 20. The van der Waals surface area contributed by atoms with E-state index in [4.69, 9.17) is 19.9 Å². The minimum atomic E-state index is -1.01. The van der Waals surface area contributed by atoms with Crippen LogP contribution in [-0.4, -0.2) is 74.3 Å². The van der Waals surface area contributed by atoms with Crippen molar-refractivity contribution in [3.63, 3.8) is 0 Å². The fourth-order valence-electron chi connectivity index (χ4n) is 10.2. The molecule has 1 aliphatic heterocycles. The van der Waals surface area contributed by atoms with Gasteiger partial charge in [0.25, 0.3) is 11.8 Å². The zero-order valence-corrected chi connectivity index (χ0v) is 58.9. The maximum Gasteiger partial charge on any atom is 1.00 e. The zero-order valence-electron chi connectivity index (χ0n) is 56.3. The number of hydrogen-bond donors (Lipinski definition) is 4. The maximum atomic E-state index is 13.7. The van der Waals surface area contributed by atoms with Crippen LogP contribution < -0.4 is 47.0 Å². The SMILES string of the molecule is Fc1cccc(C(OCCBr)c2cccc(F)c2)c1.NCCOC(c1cccc(F)c1)c1cccc(F)c1.NN.O=C(c1cccc(F)c1)c1cccc(F)c1.O=C1c2ccccc2C(=O)N1CCOC(c1cccc(F)c1)c1cccc(F)c1.OC(c1cccc(F)c1)c1cccc(F)c1.[B].[H-].[Na+]. The molecule has 0 aromatic heterocycles. The molecule has 1 heterocycles. The van der Waals surface area contributed by atoms with Crippen molar-refractivity contribution < 1.29 is 109 Å². The van der Waals surface area contributed by atoms with Crippen LogP contribution in [0.25, 0.3) is 0 Å². The zero-order chi connectivity index (χ0) is 72.8. The molecule has 1 aliphatic rings. The van der Waals surface area contributed by atoms with E-state index in [0.29, 0.717) is 80.7 Å². The van der Waals surface area contributed by atoms with Gasteiger partial charge in [-0.15, -0.1) is 0 Å². The molecular formula is C79H68BBrF10N4NaO7. The number of imide groups is 1.